The molecule has 4 nitrogen and oxygen atoms in total. The number of amides is 1. The van der Waals surface area contributed by atoms with Crippen LogP contribution in [0, 0.1) is 5.92 Å². The summed E-state index contributed by atoms with van der Waals surface area (Å²) in [5.41, 5.74) is 1.34. The standard InChI is InChI=1S/C17H24N2O2S/c20-17(19-13-3-5-21-6-4-13)16-7-12(10-22-16)14-8-15(14)18-9-11-1-2-11/h7,10-11,13-15,18H,1-6,8-9H2,(H,19,20). The molecule has 4 rings (SSSR count). The lowest BCUT2D eigenvalue weighted by Gasteiger charge is -2.22. The second-order valence-electron chi connectivity index (χ2n) is 6.90. The summed E-state index contributed by atoms with van der Waals surface area (Å²) in [4.78, 5) is 13.2. The van der Waals surface area contributed by atoms with Crippen molar-refractivity contribution in [3.63, 3.8) is 0 Å². The van der Waals surface area contributed by atoms with Crippen LogP contribution in [0.25, 0.3) is 0 Å². The molecule has 1 aromatic rings. The zero-order valence-corrected chi connectivity index (χ0v) is 13.7. The van der Waals surface area contributed by atoms with Gasteiger partial charge in [-0.3, -0.25) is 4.79 Å². The van der Waals surface area contributed by atoms with Crippen molar-refractivity contribution < 1.29 is 9.53 Å². The van der Waals surface area contributed by atoms with E-state index in [0.717, 1.165) is 36.9 Å². The molecule has 3 aliphatic rings. The molecule has 1 aromatic heterocycles. The van der Waals surface area contributed by atoms with Gasteiger partial charge in [0, 0.05) is 31.2 Å². The van der Waals surface area contributed by atoms with Crippen molar-refractivity contribution in [2.75, 3.05) is 19.8 Å². The van der Waals surface area contributed by atoms with Crippen LogP contribution in [0.4, 0.5) is 0 Å². The highest BCUT2D eigenvalue weighted by Crippen LogP contribution is 2.43. The Labute approximate surface area is 135 Å². The third kappa shape index (κ3) is 3.53. The number of hydrogen-bond donors (Lipinski definition) is 2. The minimum absolute atomic E-state index is 0.0892. The van der Waals surface area contributed by atoms with Crippen molar-refractivity contribution in [1.29, 1.82) is 0 Å². The van der Waals surface area contributed by atoms with Crippen molar-refractivity contribution in [3.8, 4) is 0 Å². The Morgan fingerprint density at radius 2 is 2.09 bits per heavy atom. The predicted molar refractivity (Wildman–Crippen MR) is 87.5 cm³/mol. The quantitative estimate of drug-likeness (QED) is 0.847. The Bertz CT molecular complexity index is 535. The smallest absolute Gasteiger partial charge is 0.261 e. The molecule has 2 heterocycles. The zero-order chi connectivity index (χ0) is 14.9. The van der Waals surface area contributed by atoms with E-state index in [4.69, 9.17) is 4.74 Å². The molecule has 120 valence electrons. The summed E-state index contributed by atoms with van der Waals surface area (Å²) in [6, 6.07) is 3.02. The van der Waals surface area contributed by atoms with Crippen molar-refractivity contribution in [2.24, 2.45) is 5.92 Å². The van der Waals surface area contributed by atoms with E-state index in [-0.39, 0.29) is 11.9 Å². The maximum Gasteiger partial charge on any atom is 0.261 e. The minimum atomic E-state index is 0.0892. The molecule has 0 aromatic carbocycles. The molecule has 1 saturated heterocycles. The van der Waals surface area contributed by atoms with E-state index in [1.54, 1.807) is 11.3 Å². The summed E-state index contributed by atoms with van der Waals surface area (Å²) < 4.78 is 5.33. The van der Waals surface area contributed by atoms with Crippen LogP contribution in [0.5, 0.6) is 0 Å². The first-order valence-corrected chi connectivity index (χ1v) is 9.38. The summed E-state index contributed by atoms with van der Waals surface area (Å²) in [5.74, 6) is 1.65. The van der Waals surface area contributed by atoms with Gasteiger partial charge in [-0.15, -0.1) is 11.3 Å². The molecular formula is C17H24N2O2S. The zero-order valence-electron chi connectivity index (χ0n) is 12.8. The van der Waals surface area contributed by atoms with Crippen LogP contribution in [0.2, 0.25) is 0 Å². The third-order valence-corrected chi connectivity index (χ3v) is 5.93. The van der Waals surface area contributed by atoms with Crippen molar-refractivity contribution in [1.82, 2.24) is 10.6 Å². The van der Waals surface area contributed by atoms with Crippen LogP contribution in [-0.2, 0) is 4.74 Å². The van der Waals surface area contributed by atoms with Crippen molar-refractivity contribution >= 4 is 17.2 Å². The molecule has 3 fully saturated rings. The number of hydrogen-bond acceptors (Lipinski definition) is 4. The first kappa shape index (κ1) is 14.7. The van der Waals surface area contributed by atoms with Crippen LogP contribution >= 0.6 is 11.3 Å². The molecular weight excluding hydrogens is 296 g/mol. The summed E-state index contributed by atoms with van der Waals surface area (Å²) >= 11 is 1.58. The number of carbonyl (C=O) groups excluding carboxylic acids is 1. The summed E-state index contributed by atoms with van der Waals surface area (Å²) in [6.45, 7) is 2.70. The lowest BCUT2D eigenvalue weighted by molar-refractivity contribution is 0.0698. The maximum absolute atomic E-state index is 12.3. The predicted octanol–water partition coefficient (Wildman–Crippen LogP) is 2.51. The molecule has 2 unspecified atom stereocenters. The molecule has 5 heteroatoms. The van der Waals surface area contributed by atoms with E-state index in [9.17, 15) is 4.79 Å². The number of nitrogens with one attached hydrogen (secondary N) is 2. The highest BCUT2D eigenvalue weighted by Gasteiger charge is 2.39. The first-order chi connectivity index (χ1) is 10.8. The minimum Gasteiger partial charge on any atom is -0.381 e. The Hall–Kier alpha value is -0.910. The largest absolute Gasteiger partial charge is 0.381 e. The Morgan fingerprint density at radius 3 is 2.86 bits per heavy atom. The number of ether oxygens (including phenoxy) is 1. The van der Waals surface area contributed by atoms with E-state index in [2.05, 4.69) is 22.1 Å². The molecule has 1 aliphatic heterocycles. The molecule has 2 aliphatic carbocycles. The number of rotatable bonds is 6. The van der Waals surface area contributed by atoms with Gasteiger partial charge in [0.15, 0.2) is 0 Å². The molecule has 2 atom stereocenters. The van der Waals surface area contributed by atoms with Gasteiger partial charge in [0.2, 0.25) is 0 Å². The van der Waals surface area contributed by atoms with E-state index in [1.165, 1.54) is 31.4 Å². The Balaban J connectivity index is 1.28. The lowest BCUT2D eigenvalue weighted by atomic mass is 10.1. The average molecular weight is 320 g/mol. The van der Waals surface area contributed by atoms with Crippen molar-refractivity contribution in [2.45, 2.75) is 50.1 Å². The molecule has 2 saturated carbocycles. The average Bonchev–Trinajstić information content (AvgIpc) is 3.45. The van der Waals surface area contributed by atoms with Gasteiger partial charge in [0.1, 0.15) is 0 Å². The Kier molecular flexibility index (Phi) is 4.20. The summed E-state index contributed by atoms with van der Waals surface area (Å²) in [6.07, 6.45) is 5.89. The fourth-order valence-electron chi connectivity index (χ4n) is 3.19. The van der Waals surface area contributed by atoms with E-state index in [1.807, 2.05) is 0 Å². The molecule has 0 radical (unpaired) electrons. The van der Waals surface area contributed by atoms with Gasteiger partial charge >= 0.3 is 0 Å². The monoisotopic (exact) mass is 320 g/mol. The molecule has 2 N–H and O–H groups in total. The van der Waals surface area contributed by atoms with Gasteiger partial charge in [-0.25, -0.2) is 0 Å². The van der Waals surface area contributed by atoms with E-state index >= 15 is 0 Å². The summed E-state index contributed by atoms with van der Waals surface area (Å²) in [5, 5.41) is 8.97. The fraction of sp³-hybridized carbons (Fsp3) is 0.706. The number of carbonyl (C=O) groups is 1. The van der Waals surface area contributed by atoms with Crippen LogP contribution in [0.15, 0.2) is 11.4 Å². The molecule has 0 bridgehead atoms. The molecule has 1 amide bonds. The highest BCUT2D eigenvalue weighted by atomic mass is 32.1. The number of thiophene rings is 1. The summed E-state index contributed by atoms with van der Waals surface area (Å²) in [7, 11) is 0. The second kappa shape index (κ2) is 6.30. The maximum atomic E-state index is 12.3. The highest BCUT2D eigenvalue weighted by molar-refractivity contribution is 7.12. The van der Waals surface area contributed by atoms with E-state index in [0.29, 0.717) is 12.0 Å². The van der Waals surface area contributed by atoms with Gasteiger partial charge in [0.05, 0.1) is 4.88 Å². The van der Waals surface area contributed by atoms with Crippen LogP contribution in [0.1, 0.15) is 53.3 Å². The van der Waals surface area contributed by atoms with Gasteiger partial charge < -0.3 is 15.4 Å². The van der Waals surface area contributed by atoms with Gasteiger partial charge in [-0.05, 0) is 61.6 Å². The van der Waals surface area contributed by atoms with Gasteiger partial charge in [-0.2, -0.15) is 0 Å². The molecule has 22 heavy (non-hydrogen) atoms. The fourth-order valence-corrected chi connectivity index (χ4v) is 4.07. The first-order valence-electron chi connectivity index (χ1n) is 8.50. The SMILES string of the molecule is O=C(NC1CCOCC1)c1cc(C2CC2NCC2CC2)cs1. The second-order valence-corrected chi connectivity index (χ2v) is 7.82. The van der Waals surface area contributed by atoms with E-state index < -0.39 is 0 Å². The Morgan fingerprint density at radius 1 is 1.27 bits per heavy atom. The lowest BCUT2D eigenvalue weighted by Crippen LogP contribution is -2.38. The van der Waals surface area contributed by atoms with Crippen molar-refractivity contribution in [3.05, 3.63) is 21.9 Å². The van der Waals surface area contributed by atoms with Crippen LogP contribution in [0.3, 0.4) is 0 Å². The van der Waals surface area contributed by atoms with Crippen LogP contribution in [-0.4, -0.2) is 37.7 Å². The molecule has 0 spiro atoms. The third-order valence-electron chi connectivity index (χ3n) is 4.98. The van der Waals surface area contributed by atoms with Gasteiger partial charge in [-0.1, -0.05) is 0 Å². The normalized spacial score (nSPS) is 28.5. The van der Waals surface area contributed by atoms with Gasteiger partial charge in [0.25, 0.3) is 5.91 Å². The van der Waals surface area contributed by atoms with Crippen LogP contribution < -0.4 is 10.6 Å². The topological polar surface area (TPSA) is 50.4 Å².